The Labute approximate surface area is 186 Å². The van der Waals surface area contributed by atoms with Gasteiger partial charge in [-0.2, -0.15) is 0 Å². The quantitative estimate of drug-likeness (QED) is 0.440. The van der Waals surface area contributed by atoms with Gasteiger partial charge in [-0.05, 0) is 66.6 Å². The first-order chi connectivity index (χ1) is 15.6. The maximum Gasteiger partial charge on any atom is 0.337 e. The smallest absolute Gasteiger partial charge is 0.337 e. The molecule has 1 aliphatic rings. The van der Waals surface area contributed by atoms with E-state index in [9.17, 15) is 9.59 Å². The molecule has 2 aromatic carbocycles. The van der Waals surface area contributed by atoms with Gasteiger partial charge in [0.25, 0.3) is 0 Å². The van der Waals surface area contributed by atoms with Gasteiger partial charge in [-0.1, -0.05) is 30.3 Å². The molecule has 7 nitrogen and oxygen atoms in total. The van der Waals surface area contributed by atoms with Gasteiger partial charge in [-0.15, -0.1) is 0 Å². The molecule has 7 heteroatoms. The van der Waals surface area contributed by atoms with Gasteiger partial charge < -0.3 is 20.5 Å². The first kappa shape index (κ1) is 21.5. The van der Waals surface area contributed by atoms with E-state index in [2.05, 4.69) is 4.98 Å². The van der Waals surface area contributed by atoms with E-state index in [1.54, 1.807) is 18.5 Å². The summed E-state index contributed by atoms with van der Waals surface area (Å²) in [4.78, 5) is 30.6. The number of pyridine rings is 1. The topological polar surface area (TPSA) is 106 Å². The lowest BCUT2D eigenvalue weighted by molar-refractivity contribution is -0.137. The molecule has 0 spiro atoms. The molecule has 0 aliphatic heterocycles. The van der Waals surface area contributed by atoms with E-state index < -0.39 is 24.5 Å². The second-order valence-corrected chi connectivity index (χ2v) is 7.79. The summed E-state index contributed by atoms with van der Waals surface area (Å²) in [5.74, 6) is -0.691. The molecule has 4 rings (SSSR count). The van der Waals surface area contributed by atoms with Crippen molar-refractivity contribution in [2.45, 2.75) is 25.3 Å². The van der Waals surface area contributed by atoms with Crippen LogP contribution in [-0.2, 0) is 22.4 Å². The van der Waals surface area contributed by atoms with Crippen molar-refractivity contribution in [1.82, 2.24) is 4.98 Å². The third kappa shape index (κ3) is 4.48. The van der Waals surface area contributed by atoms with Crippen LogP contribution in [0.4, 0.5) is 11.4 Å². The standard InChI is InChI=1S/C25H25N3O4/c26-25(31)24(28(19-7-2-1-3-8-19)20-9-5-13-27-15-20)18-11-12-21-17(14-18)6-4-10-22(21)32-23(30)16-29/h1-10,13,15,18,24,29H,11-12,14,16H2,(H2,26,31). The summed E-state index contributed by atoms with van der Waals surface area (Å²) in [5.41, 5.74) is 9.57. The predicted molar refractivity (Wildman–Crippen MR) is 120 cm³/mol. The molecule has 3 N–H and O–H groups in total. The van der Waals surface area contributed by atoms with Crippen molar-refractivity contribution in [3.05, 3.63) is 84.2 Å². The Morgan fingerprint density at radius 1 is 1.09 bits per heavy atom. The largest absolute Gasteiger partial charge is 0.425 e. The third-order valence-corrected chi connectivity index (χ3v) is 5.80. The van der Waals surface area contributed by atoms with Crippen LogP contribution < -0.4 is 15.4 Å². The minimum Gasteiger partial charge on any atom is -0.425 e. The number of fused-ring (bicyclic) bond motifs is 1. The van der Waals surface area contributed by atoms with Gasteiger partial charge in [0, 0.05) is 11.9 Å². The monoisotopic (exact) mass is 431 g/mol. The Kier molecular flexibility index (Phi) is 6.47. The molecular weight excluding hydrogens is 406 g/mol. The molecule has 0 fully saturated rings. The number of amides is 1. The van der Waals surface area contributed by atoms with Gasteiger partial charge in [-0.25, -0.2) is 4.79 Å². The van der Waals surface area contributed by atoms with Crippen molar-refractivity contribution < 1.29 is 19.4 Å². The van der Waals surface area contributed by atoms with E-state index in [1.165, 1.54) is 0 Å². The number of hydrogen-bond acceptors (Lipinski definition) is 6. The number of anilines is 2. The van der Waals surface area contributed by atoms with Crippen LogP contribution in [-0.4, -0.2) is 34.6 Å². The number of esters is 1. The van der Waals surface area contributed by atoms with E-state index in [-0.39, 0.29) is 5.92 Å². The lowest BCUT2D eigenvalue weighted by Gasteiger charge is -2.38. The van der Waals surface area contributed by atoms with Crippen LogP contribution in [0.1, 0.15) is 17.5 Å². The maximum atomic E-state index is 12.8. The number of aliphatic hydroxyl groups excluding tert-OH is 1. The minimum absolute atomic E-state index is 0.0517. The van der Waals surface area contributed by atoms with Gasteiger partial charge in [0.15, 0.2) is 0 Å². The Morgan fingerprint density at radius 2 is 1.88 bits per heavy atom. The normalized spacial score (nSPS) is 16.0. The number of rotatable bonds is 7. The van der Waals surface area contributed by atoms with E-state index >= 15 is 0 Å². The number of aliphatic hydroxyl groups is 1. The van der Waals surface area contributed by atoms with E-state index in [4.69, 9.17) is 15.6 Å². The molecule has 1 aliphatic carbocycles. The zero-order valence-corrected chi connectivity index (χ0v) is 17.6. The number of carbonyl (C=O) groups excluding carboxylic acids is 2. The Hall–Kier alpha value is -3.71. The number of ether oxygens (including phenoxy) is 1. The lowest BCUT2D eigenvalue weighted by atomic mass is 9.78. The predicted octanol–water partition coefficient (Wildman–Crippen LogP) is 2.78. The number of nitrogens with two attached hydrogens (primary N) is 1. The van der Waals surface area contributed by atoms with E-state index in [0.717, 1.165) is 22.5 Å². The van der Waals surface area contributed by atoms with Crippen molar-refractivity contribution in [3.63, 3.8) is 0 Å². The van der Waals surface area contributed by atoms with E-state index in [1.807, 2.05) is 59.5 Å². The van der Waals surface area contributed by atoms with Crippen molar-refractivity contribution in [3.8, 4) is 5.75 Å². The summed E-state index contributed by atoms with van der Waals surface area (Å²) in [7, 11) is 0. The summed E-state index contributed by atoms with van der Waals surface area (Å²) in [6.07, 6.45) is 5.35. The molecule has 164 valence electrons. The fraction of sp³-hybridized carbons (Fsp3) is 0.240. The highest BCUT2D eigenvalue weighted by atomic mass is 16.5. The average molecular weight is 431 g/mol. The van der Waals surface area contributed by atoms with Gasteiger partial charge in [-0.3, -0.25) is 9.78 Å². The summed E-state index contributed by atoms with van der Waals surface area (Å²) < 4.78 is 5.29. The SMILES string of the molecule is NC(=O)C(C1CCc2c(cccc2OC(=O)CO)C1)N(c1ccccc1)c1cccnc1. The number of nitrogens with zero attached hydrogens (tertiary/aromatic N) is 2. The van der Waals surface area contributed by atoms with Crippen molar-refractivity contribution in [2.24, 2.45) is 11.7 Å². The Morgan fingerprint density at radius 3 is 2.56 bits per heavy atom. The van der Waals surface area contributed by atoms with Gasteiger partial charge in [0.05, 0.1) is 11.9 Å². The average Bonchev–Trinajstić information content (AvgIpc) is 2.83. The Bertz CT molecular complexity index is 1050. The number of aromatic nitrogens is 1. The van der Waals surface area contributed by atoms with Crippen LogP contribution in [0.3, 0.4) is 0 Å². The van der Waals surface area contributed by atoms with E-state index in [0.29, 0.717) is 25.0 Å². The second kappa shape index (κ2) is 9.62. The first-order valence-electron chi connectivity index (χ1n) is 10.5. The second-order valence-electron chi connectivity index (χ2n) is 7.79. The van der Waals surface area contributed by atoms with Crippen LogP contribution in [0.25, 0.3) is 0 Å². The van der Waals surface area contributed by atoms with Crippen LogP contribution in [0, 0.1) is 5.92 Å². The maximum absolute atomic E-state index is 12.8. The molecule has 32 heavy (non-hydrogen) atoms. The molecule has 0 saturated carbocycles. The van der Waals surface area contributed by atoms with Crippen molar-refractivity contribution >= 4 is 23.3 Å². The summed E-state index contributed by atoms with van der Waals surface area (Å²) >= 11 is 0. The third-order valence-electron chi connectivity index (χ3n) is 5.80. The minimum atomic E-state index is -0.692. The van der Waals surface area contributed by atoms with Gasteiger partial charge in [0.1, 0.15) is 18.4 Å². The van der Waals surface area contributed by atoms with Crippen molar-refractivity contribution in [2.75, 3.05) is 11.5 Å². The van der Waals surface area contributed by atoms with Gasteiger partial charge in [0.2, 0.25) is 5.91 Å². The number of para-hydroxylation sites is 1. The van der Waals surface area contributed by atoms with Crippen LogP contribution in [0.5, 0.6) is 5.75 Å². The molecule has 2 atom stereocenters. The summed E-state index contributed by atoms with van der Waals surface area (Å²) in [5, 5.41) is 9.02. The fourth-order valence-electron chi connectivity index (χ4n) is 4.45. The highest BCUT2D eigenvalue weighted by Crippen LogP contribution is 2.38. The molecule has 0 radical (unpaired) electrons. The highest BCUT2D eigenvalue weighted by molar-refractivity contribution is 5.87. The molecule has 1 heterocycles. The van der Waals surface area contributed by atoms with Gasteiger partial charge >= 0.3 is 5.97 Å². The summed E-state index contributed by atoms with van der Waals surface area (Å²) in [6.45, 7) is -0.673. The number of carbonyl (C=O) groups is 2. The lowest BCUT2D eigenvalue weighted by Crippen LogP contribution is -2.49. The summed E-state index contributed by atoms with van der Waals surface area (Å²) in [6, 6.07) is 18.4. The number of benzene rings is 2. The Balaban J connectivity index is 1.70. The van der Waals surface area contributed by atoms with Crippen LogP contribution >= 0.6 is 0 Å². The highest BCUT2D eigenvalue weighted by Gasteiger charge is 2.36. The molecule has 1 amide bonds. The molecule has 0 saturated heterocycles. The van der Waals surface area contributed by atoms with Crippen LogP contribution in [0.15, 0.2) is 73.1 Å². The first-order valence-corrected chi connectivity index (χ1v) is 10.5. The number of primary amides is 1. The molecule has 1 aromatic heterocycles. The van der Waals surface area contributed by atoms with Crippen molar-refractivity contribution in [1.29, 1.82) is 0 Å². The fourth-order valence-corrected chi connectivity index (χ4v) is 4.45. The zero-order chi connectivity index (χ0) is 22.5. The zero-order valence-electron chi connectivity index (χ0n) is 17.6. The molecular formula is C25H25N3O4. The molecule has 3 aromatic rings. The molecule has 0 bridgehead atoms. The number of hydrogen-bond donors (Lipinski definition) is 2. The molecule has 2 unspecified atom stereocenters. The van der Waals surface area contributed by atoms with Crippen LogP contribution in [0.2, 0.25) is 0 Å².